The van der Waals surface area contributed by atoms with Crippen molar-refractivity contribution in [3.8, 4) is 0 Å². The van der Waals surface area contributed by atoms with E-state index in [2.05, 4.69) is 34.6 Å². The molecule has 0 amide bonds. The van der Waals surface area contributed by atoms with Crippen LogP contribution in [0.5, 0.6) is 0 Å². The van der Waals surface area contributed by atoms with E-state index in [0.29, 0.717) is 11.1 Å². The van der Waals surface area contributed by atoms with Crippen molar-refractivity contribution < 1.29 is 9.59 Å². The SMILES string of the molecule is CC(C)C.CCCC.O=C1c2ccccc2C(=O)C2C=CC=CC12. The minimum atomic E-state index is -0.299. The number of allylic oxidation sites excluding steroid dienone is 4. The summed E-state index contributed by atoms with van der Waals surface area (Å²) in [7, 11) is 0. The molecule has 0 aliphatic heterocycles. The topological polar surface area (TPSA) is 34.1 Å². The van der Waals surface area contributed by atoms with E-state index < -0.39 is 0 Å². The zero-order chi connectivity index (χ0) is 18.1. The molecule has 130 valence electrons. The van der Waals surface area contributed by atoms with Crippen LogP contribution in [0, 0.1) is 17.8 Å². The number of carbonyl (C=O) groups excluding carboxylic acids is 2. The third-order valence-corrected chi connectivity index (χ3v) is 3.70. The molecule has 0 saturated carbocycles. The molecule has 0 fully saturated rings. The molecule has 0 saturated heterocycles. The van der Waals surface area contributed by atoms with Gasteiger partial charge in [0.25, 0.3) is 0 Å². The van der Waals surface area contributed by atoms with Crippen LogP contribution in [-0.4, -0.2) is 11.6 Å². The van der Waals surface area contributed by atoms with Crippen molar-refractivity contribution in [1.82, 2.24) is 0 Å². The van der Waals surface area contributed by atoms with E-state index in [4.69, 9.17) is 0 Å². The number of hydrogen-bond acceptors (Lipinski definition) is 2. The van der Waals surface area contributed by atoms with Crippen LogP contribution in [0.15, 0.2) is 48.6 Å². The number of fused-ring (bicyclic) bond motifs is 2. The summed E-state index contributed by atoms with van der Waals surface area (Å²) < 4.78 is 0. The highest BCUT2D eigenvalue weighted by molar-refractivity contribution is 6.17. The zero-order valence-corrected chi connectivity index (χ0v) is 15.6. The van der Waals surface area contributed by atoms with Crippen molar-refractivity contribution in [3.63, 3.8) is 0 Å². The molecule has 2 aliphatic rings. The van der Waals surface area contributed by atoms with Gasteiger partial charge in [0.15, 0.2) is 11.6 Å². The second-order valence-corrected chi connectivity index (χ2v) is 6.83. The van der Waals surface area contributed by atoms with E-state index in [-0.39, 0.29) is 23.4 Å². The maximum Gasteiger partial charge on any atom is 0.171 e. The second-order valence-electron chi connectivity index (χ2n) is 6.83. The molecule has 0 heterocycles. The highest BCUT2D eigenvalue weighted by atomic mass is 16.1. The summed E-state index contributed by atoms with van der Waals surface area (Å²) in [6.45, 7) is 10.9. The normalized spacial score (nSPS) is 20.4. The Morgan fingerprint density at radius 1 is 0.792 bits per heavy atom. The van der Waals surface area contributed by atoms with E-state index in [1.807, 2.05) is 24.3 Å². The quantitative estimate of drug-likeness (QED) is 0.644. The lowest BCUT2D eigenvalue weighted by molar-refractivity contribution is 0.0801. The molecule has 1 aromatic carbocycles. The maximum atomic E-state index is 12.2. The number of benzene rings is 1. The molecule has 0 bridgehead atoms. The van der Waals surface area contributed by atoms with Crippen LogP contribution in [0.2, 0.25) is 0 Å². The summed E-state index contributed by atoms with van der Waals surface area (Å²) in [5.74, 6) is 0.349. The van der Waals surface area contributed by atoms with E-state index in [1.54, 1.807) is 24.3 Å². The minimum Gasteiger partial charge on any atom is -0.293 e. The number of ketones is 2. The Hall–Kier alpha value is -1.96. The van der Waals surface area contributed by atoms with Crippen LogP contribution in [0.1, 0.15) is 68.2 Å². The fourth-order valence-corrected chi connectivity index (χ4v) is 2.38. The number of unbranched alkanes of at least 4 members (excludes halogenated alkanes) is 1. The predicted octanol–water partition coefficient (Wildman–Crippen LogP) is 5.89. The first-order valence-electron chi connectivity index (χ1n) is 8.96. The van der Waals surface area contributed by atoms with Gasteiger partial charge in [0.1, 0.15) is 0 Å². The number of hydrogen-bond donors (Lipinski definition) is 0. The van der Waals surface area contributed by atoms with E-state index in [9.17, 15) is 9.59 Å². The molecule has 2 unspecified atom stereocenters. The van der Waals surface area contributed by atoms with Crippen molar-refractivity contribution in [2.24, 2.45) is 17.8 Å². The molecular formula is C22H30O2. The van der Waals surface area contributed by atoms with Gasteiger partial charge in [-0.25, -0.2) is 0 Å². The Morgan fingerprint density at radius 2 is 1.12 bits per heavy atom. The molecule has 24 heavy (non-hydrogen) atoms. The third kappa shape index (κ3) is 5.30. The van der Waals surface area contributed by atoms with Crippen molar-refractivity contribution in [2.45, 2.75) is 47.5 Å². The number of Topliss-reactive ketones (excluding diaryl/α,β-unsaturated/α-hetero) is 2. The summed E-state index contributed by atoms with van der Waals surface area (Å²) in [6.07, 6.45) is 9.95. The van der Waals surface area contributed by atoms with Gasteiger partial charge >= 0.3 is 0 Å². The molecule has 0 N–H and O–H groups in total. The van der Waals surface area contributed by atoms with Crippen molar-refractivity contribution in [1.29, 1.82) is 0 Å². The van der Waals surface area contributed by atoms with E-state index >= 15 is 0 Å². The fourth-order valence-electron chi connectivity index (χ4n) is 2.38. The van der Waals surface area contributed by atoms with Crippen LogP contribution in [0.3, 0.4) is 0 Å². The first kappa shape index (κ1) is 20.1. The number of rotatable bonds is 1. The molecule has 3 rings (SSSR count). The van der Waals surface area contributed by atoms with Gasteiger partial charge in [0.2, 0.25) is 0 Å². The van der Waals surface area contributed by atoms with Crippen molar-refractivity contribution >= 4 is 11.6 Å². The Labute approximate surface area is 146 Å². The second kappa shape index (κ2) is 10.0. The highest BCUT2D eigenvalue weighted by Crippen LogP contribution is 2.33. The molecule has 0 spiro atoms. The lowest BCUT2D eigenvalue weighted by Crippen LogP contribution is -2.35. The van der Waals surface area contributed by atoms with Gasteiger partial charge in [0.05, 0.1) is 11.8 Å². The van der Waals surface area contributed by atoms with Gasteiger partial charge in [-0.2, -0.15) is 0 Å². The maximum absolute atomic E-state index is 12.2. The van der Waals surface area contributed by atoms with Gasteiger partial charge in [-0.15, -0.1) is 0 Å². The van der Waals surface area contributed by atoms with Crippen LogP contribution in [-0.2, 0) is 0 Å². The monoisotopic (exact) mass is 326 g/mol. The molecule has 2 heteroatoms. The van der Waals surface area contributed by atoms with Gasteiger partial charge in [-0.3, -0.25) is 9.59 Å². The molecule has 2 nitrogen and oxygen atoms in total. The lowest BCUT2D eigenvalue weighted by Gasteiger charge is -2.28. The molecule has 0 radical (unpaired) electrons. The molecule has 0 aromatic heterocycles. The van der Waals surface area contributed by atoms with Crippen LogP contribution < -0.4 is 0 Å². The summed E-state index contributed by atoms with van der Waals surface area (Å²) in [4.78, 5) is 24.3. The van der Waals surface area contributed by atoms with Gasteiger partial charge in [0, 0.05) is 11.1 Å². The molecule has 1 aromatic rings. The van der Waals surface area contributed by atoms with Crippen molar-refractivity contribution in [2.75, 3.05) is 0 Å². The number of carbonyl (C=O) groups is 2. The van der Waals surface area contributed by atoms with Crippen LogP contribution in [0.4, 0.5) is 0 Å². The fraction of sp³-hybridized carbons (Fsp3) is 0.455. The van der Waals surface area contributed by atoms with E-state index in [1.165, 1.54) is 12.8 Å². The Kier molecular flexibility index (Phi) is 8.39. The summed E-state index contributed by atoms with van der Waals surface area (Å²) in [6, 6.07) is 7.06. The summed E-state index contributed by atoms with van der Waals surface area (Å²) in [5, 5.41) is 0. The summed E-state index contributed by atoms with van der Waals surface area (Å²) in [5.41, 5.74) is 1.13. The van der Waals surface area contributed by atoms with Gasteiger partial charge in [-0.05, 0) is 5.92 Å². The van der Waals surface area contributed by atoms with Gasteiger partial charge < -0.3 is 0 Å². The average molecular weight is 326 g/mol. The largest absolute Gasteiger partial charge is 0.293 e. The third-order valence-electron chi connectivity index (χ3n) is 3.70. The average Bonchev–Trinajstić information content (AvgIpc) is 2.59. The molecule has 2 atom stereocenters. The molecular weight excluding hydrogens is 296 g/mol. The smallest absolute Gasteiger partial charge is 0.171 e. The standard InChI is InChI=1S/C14H10O2.2C4H10/c15-13-9-5-1-2-6-10(9)14(16)12-8-4-3-7-11(12)13;1-4(2)3;1-3-4-2/h1-10H;4H,1-3H3;3-4H2,1-2H3. The first-order valence-corrected chi connectivity index (χ1v) is 8.96. The Bertz CT molecular complexity index is 554. The zero-order valence-electron chi connectivity index (χ0n) is 15.6. The first-order chi connectivity index (χ1) is 11.4. The van der Waals surface area contributed by atoms with E-state index in [0.717, 1.165) is 5.92 Å². The Balaban J connectivity index is 0.000000306. The predicted molar refractivity (Wildman–Crippen MR) is 101 cm³/mol. The Morgan fingerprint density at radius 3 is 1.42 bits per heavy atom. The van der Waals surface area contributed by atoms with Crippen LogP contribution >= 0.6 is 0 Å². The lowest BCUT2D eigenvalue weighted by atomic mass is 9.72. The van der Waals surface area contributed by atoms with Crippen LogP contribution in [0.25, 0.3) is 0 Å². The van der Waals surface area contributed by atoms with Gasteiger partial charge in [-0.1, -0.05) is 96.0 Å². The van der Waals surface area contributed by atoms with Crippen molar-refractivity contribution in [3.05, 3.63) is 59.7 Å². The summed E-state index contributed by atoms with van der Waals surface area (Å²) >= 11 is 0. The minimum absolute atomic E-state index is 0.0563. The molecule has 2 aliphatic carbocycles. The highest BCUT2D eigenvalue weighted by Gasteiger charge is 2.38.